The van der Waals surface area contributed by atoms with E-state index in [1.807, 2.05) is 36.4 Å². The SMILES string of the molecule is O=S(=O)(NC(=NCc1cc(-c2ccc(Cl)cc2)n(-c2ccc(Cl)cc2)n1)Oc1ccccc1)c1ccccc1. The van der Waals surface area contributed by atoms with Crippen LogP contribution in [0.5, 0.6) is 5.75 Å². The standard InChI is InChI=1S/C29H22Cl2N4O3S/c30-22-13-11-21(12-14-22)28-19-24(33-35(28)25-17-15-23(31)16-18-25)20-32-29(38-26-7-3-1-4-8-26)34-39(36,37)27-9-5-2-6-10-27/h1-19H,20H2,(H,32,34). The normalized spacial score (nSPS) is 11.8. The third-order valence-electron chi connectivity index (χ3n) is 5.59. The number of hydrogen-bond acceptors (Lipinski definition) is 5. The van der Waals surface area contributed by atoms with E-state index in [4.69, 9.17) is 33.0 Å². The van der Waals surface area contributed by atoms with Gasteiger partial charge in [-0.25, -0.2) is 22.8 Å². The van der Waals surface area contributed by atoms with E-state index in [-0.39, 0.29) is 17.5 Å². The number of halogens is 2. The van der Waals surface area contributed by atoms with Crippen molar-refractivity contribution in [2.24, 2.45) is 4.99 Å². The molecule has 196 valence electrons. The van der Waals surface area contributed by atoms with Crippen molar-refractivity contribution in [3.8, 4) is 22.7 Å². The van der Waals surface area contributed by atoms with Gasteiger partial charge >= 0.3 is 6.02 Å². The van der Waals surface area contributed by atoms with Crippen LogP contribution in [0.2, 0.25) is 10.0 Å². The minimum absolute atomic E-state index is 0.0423. The van der Waals surface area contributed by atoms with Crippen molar-refractivity contribution in [2.75, 3.05) is 0 Å². The Morgan fingerprint density at radius 3 is 2.05 bits per heavy atom. The third kappa shape index (κ3) is 6.67. The maximum atomic E-state index is 13.0. The average Bonchev–Trinajstić information content (AvgIpc) is 3.38. The molecule has 4 aromatic carbocycles. The number of benzene rings is 4. The number of amidine groups is 1. The molecule has 7 nitrogen and oxygen atoms in total. The highest BCUT2D eigenvalue weighted by Crippen LogP contribution is 2.26. The molecule has 5 aromatic rings. The Kier molecular flexibility index (Phi) is 7.97. The van der Waals surface area contributed by atoms with Gasteiger partial charge in [0.2, 0.25) is 0 Å². The lowest BCUT2D eigenvalue weighted by Gasteiger charge is -2.12. The van der Waals surface area contributed by atoms with Crippen LogP contribution in [0.4, 0.5) is 0 Å². The zero-order valence-corrected chi connectivity index (χ0v) is 22.7. The third-order valence-corrected chi connectivity index (χ3v) is 7.43. The van der Waals surface area contributed by atoms with Crippen molar-refractivity contribution < 1.29 is 13.2 Å². The summed E-state index contributed by atoms with van der Waals surface area (Å²) in [4.78, 5) is 4.55. The summed E-state index contributed by atoms with van der Waals surface area (Å²) >= 11 is 12.2. The van der Waals surface area contributed by atoms with E-state index in [9.17, 15) is 8.42 Å². The fourth-order valence-electron chi connectivity index (χ4n) is 3.72. The second kappa shape index (κ2) is 11.7. The van der Waals surface area contributed by atoms with E-state index >= 15 is 0 Å². The van der Waals surface area contributed by atoms with Crippen LogP contribution in [-0.2, 0) is 16.6 Å². The van der Waals surface area contributed by atoms with Crippen LogP contribution in [0, 0.1) is 0 Å². The van der Waals surface area contributed by atoms with Gasteiger partial charge in [-0.05, 0) is 66.7 Å². The Morgan fingerprint density at radius 2 is 1.41 bits per heavy atom. The molecule has 0 bridgehead atoms. The zero-order chi connectivity index (χ0) is 27.2. The maximum Gasteiger partial charge on any atom is 0.304 e. The first kappa shape index (κ1) is 26.5. The number of nitrogens with one attached hydrogen (secondary N) is 1. The van der Waals surface area contributed by atoms with Crippen molar-refractivity contribution in [3.05, 3.63) is 131 Å². The van der Waals surface area contributed by atoms with Gasteiger partial charge in [0, 0.05) is 15.6 Å². The predicted molar refractivity (Wildman–Crippen MR) is 154 cm³/mol. The van der Waals surface area contributed by atoms with Gasteiger partial charge in [0.05, 0.1) is 28.5 Å². The van der Waals surface area contributed by atoms with Gasteiger partial charge in [0.1, 0.15) is 5.75 Å². The molecule has 5 rings (SSSR count). The van der Waals surface area contributed by atoms with Crippen LogP contribution in [-0.4, -0.2) is 24.2 Å². The fourth-order valence-corrected chi connectivity index (χ4v) is 4.95. The van der Waals surface area contributed by atoms with Gasteiger partial charge in [0.25, 0.3) is 10.0 Å². The Labute approximate surface area is 236 Å². The fraction of sp³-hybridized carbons (Fsp3) is 0.0345. The molecule has 0 fully saturated rings. The summed E-state index contributed by atoms with van der Waals surface area (Å²) < 4.78 is 36.1. The average molecular weight is 577 g/mol. The Morgan fingerprint density at radius 1 is 0.821 bits per heavy atom. The van der Waals surface area contributed by atoms with Crippen molar-refractivity contribution in [2.45, 2.75) is 11.4 Å². The molecule has 0 aliphatic rings. The van der Waals surface area contributed by atoms with Gasteiger partial charge in [-0.3, -0.25) is 0 Å². The molecule has 0 amide bonds. The van der Waals surface area contributed by atoms with Gasteiger partial charge in [-0.1, -0.05) is 71.7 Å². The first-order valence-electron chi connectivity index (χ1n) is 11.8. The minimum Gasteiger partial charge on any atom is -0.425 e. The summed E-state index contributed by atoms with van der Waals surface area (Å²) in [6.07, 6.45) is 0. The molecule has 0 saturated heterocycles. The van der Waals surface area contributed by atoms with Crippen LogP contribution in [0.3, 0.4) is 0 Å². The van der Waals surface area contributed by atoms with E-state index < -0.39 is 10.0 Å². The maximum absolute atomic E-state index is 13.0. The Bertz CT molecular complexity index is 1630. The quantitative estimate of drug-likeness (QED) is 0.171. The lowest BCUT2D eigenvalue weighted by atomic mass is 10.1. The highest BCUT2D eigenvalue weighted by Gasteiger charge is 2.18. The number of hydrogen-bond donors (Lipinski definition) is 1. The van der Waals surface area contributed by atoms with Crippen LogP contribution >= 0.6 is 23.2 Å². The first-order chi connectivity index (χ1) is 18.9. The molecule has 1 aromatic heterocycles. The second-order valence-corrected chi connectivity index (χ2v) is 10.9. The molecule has 10 heteroatoms. The Balaban J connectivity index is 1.50. The second-order valence-electron chi connectivity index (χ2n) is 8.37. The summed E-state index contributed by atoms with van der Waals surface area (Å²) in [7, 11) is -3.94. The molecule has 39 heavy (non-hydrogen) atoms. The summed E-state index contributed by atoms with van der Waals surface area (Å²) in [6.45, 7) is 0.0423. The van der Waals surface area contributed by atoms with E-state index in [1.54, 1.807) is 71.4 Å². The largest absolute Gasteiger partial charge is 0.425 e. The number of sulfonamides is 1. The van der Waals surface area contributed by atoms with Crippen LogP contribution < -0.4 is 9.46 Å². The highest BCUT2D eigenvalue weighted by atomic mass is 35.5. The van der Waals surface area contributed by atoms with Gasteiger partial charge in [-0.2, -0.15) is 5.10 Å². The molecule has 0 aliphatic heterocycles. The molecular formula is C29H22Cl2N4O3S. The molecule has 1 N–H and O–H groups in total. The van der Waals surface area contributed by atoms with Gasteiger partial charge < -0.3 is 4.74 Å². The van der Waals surface area contributed by atoms with E-state index in [0.717, 1.165) is 16.9 Å². The minimum atomic E-state index is -3.94. The number of rotatable bonds is 7. The summed E-state index contributed by atoms with van der Waals surface area (Å²) in [5.41, 5.74) is 3.07. The molecule has 0 spiro atoms. The van der Waals surface area contributed by atoms with Crippen LogP contribution in [0.1, 0.15) is 5.69 Å². The molecule has 0 aliphatic carbocycles. The predicted octanol–water partition coefficient (Wildman–Crippen LogP) is 6.76. The van der Waals surface area contributed by atoms with Gasteiger partial charge in [-0.15, -0.1) is 0 Å². The van der Waals surface area contributed by atoms with Gasteiger partial charge in [0.15, 0.2) is 0 Å². The molecule has 0 atom stereocenters. The monoisotopic (exact) mass is 576 g/mol. The van der Waals surface area contributed by atoms with Crippen molar-refractivity contribution >= 4 is 39.2 Å². The van der Waals surface area contributed by atoms with Crippen LogP contribution in [0.15, 0.2) is 125 Å². The molecule has 0 unspecified atom stereocenters. The summed E-state index contributed by atoms with van der Waals surface area (Å²) in [5.74, 6) is 0.431. The number of aromatic nitrogens is 2. The van der Waals surface area contributed by atoms with Crippen molar-refractivity contribution in [1.29, 1.82) is 0 Å². The topological polar surface area (TPSA) is 85.6 Å². The van der Waals surface area contributed by atoms with Crippen LogP contribution in [0.25, 0.3) is 16.9 Å². The van der Waals surface area contributed by atoms with Crippen molar-refractivity contribution in [1.82, 2.24) is 14.5 Å². The summed E-state index contributed by atoms with van der Waals surface area (Å²) in [5, 5.41) is 5.97. The molecular weight excluding hydrogens is 555 g/mol. The molecule has 0 saturated carbocycles. The number of aliphatic imine (C=N–C) groups is 1. The smallest absolute Gasteiger partial charge is 0.304 e. The molecule has 0 radical (unpaired) electrons. The lowest BCUT2D eigenvalue weighted by molar-refractivity contribution is 0.522. The van der Waals surface area contributed by atoms with E-state index in [2.05, 4.69) is 9.71 Å². The zero-order valence-electron chi connectivity index (χ0n) is 20.4. The van der Waals surface area contributed by atoms with Crippen molar-refractivity contribution in [3.63, 3.8) is 0 Å². The lowest BCUT2D eigenvalue weighted by Crippen LogP contribution is -2.34. The molecule has 1 heterocycles. The number of nitrogens with zero attached hydrogens (tertiary/aromatic N) is 3. The summed E-state index contributed by atoms with van der Waals surface area (Å²) in [6, 6.07) is 33.2. The Hall–Kier alpha value is -4.11. The number of para-hydroxylation sites is 1. The van der Waals surface area contributed by atoms with E-state index in [1.165, 1.54) is 12.1 Å². The number of ether oxygens (including phenoxy) is 1. The first-order valence-corrected chi connectivity index (χ1v) is 14.1. The van der Waals surface area contributed by atoms with E-state index in [0.29, 0.717) is 21.5 Å². The highest BCUT2D eigenvalue weighted by molar-refractivity contribution is 7.90.